The summed E-state index contributed by atoms with van der Waals surface area (Å²) in [5.74, 6) is 3.07. The number of benzene rings is 2. The van der Waals surface area contributed by atoms with Crippen LogP contribution in [0.15, 0.2) is 48.7 Å². The molecule has 1 spiro atoms. The van der Waals surface area contributed by atoms with Crippen LogP contribution in [0, 0.1) is 11.8 Å². The molecule has 1 aromatic heterocycles. The number of hydrogen-bond acceptors (Lipinski definition) is 10. The maximum Gasteiger partial charge on any atom is 0.510 e. The predicted octanol–water partition coefficient (Wildman–Crippen LogP) is 8.13. The molecule has 1 N–H and O–H groups in total. The zero-order valence-corrected chi connectivity index (χ0v) is 29.7. The van der Waals surface area contributed by atoms with E-state index in [0.29, 0.717) is 42.0 Å². The van der Waals surface area contributed by atoms with Gasteiger partial charge in [0.15, 0.2) is 11.5 Å². The topological polar surface area (TPSA) is 114 Å². The van der Waals surface area contributed by atoms with Crippen molar-refractivity contribution < 1.29 is 38.0 Å². The molecule has 0 unspecified atom stereocenters. The first-order valence-electron chi connectivity index (χ1n) is 17.6. The average molecular weight is 705 g/mol. The van der Waals surface area contributed by atoms with Crippen LogP contribution in [-0.2, 0) is 37.3 Å². The SMILES string of the molecule is COC(=O)OCOC(=O)C1(Nc2cccc(Cl)c2)CCC2(CC1)c1cc3c(cc1C[C@@H]2C[C@@H](C)COc1ccnc2c1[C@H](C)CCC2)OCO3. The number of carbonyl (C=O) groups is 2. The van der Waals surface area contributed by atoms with Crippen LogP contribution in [-0.4, -0.2) is 50.0 Å². The van der Waals surface area contributed by atoms with Gasteiger partial charge in [0.05, 0.1) is 13.7 Å². The number of halogens is 1. The Kier molecular flexibility index (Phi) is 9.74. The molecule has 3 aliphatic carbocycles. The molecule has 0 saturated heterocycles. The molecule has 4 aliphatic rings. The minimum atomic E-state index is -1.06. The van der Waals surface area contributed by atoms with Gasteiger partial charge < -0.3 is 33.7 Å². The highest BCUT2D eigenvalue weighted by Crippen LogP contribution is 2.58. The van der Waals surface area contributed by atoms with Gasteiger partial charge in [-0.3, -0.25) is 4.98 Å². The fourth-order valence-corrected chi connectivity index (χ4v) is 9.00. The van der Waals surface area contributed by atoms with Crippen molar-refractivity contribution in [3.8, 4) is 17.2 Å². The van der Waals surface area contributed by atoms with Gasteiger partial charge in [0, 0.05) is 28.2 Å². The molecule has 0 bridgehead atoms. The third-order valence-electron chi connectivity index (χ3n) is 11.3. The number of hydrogen-bond donors (Lipinski definition) is 1. The lowest BCUT2D eigenvalue weighted by Gasteiger charge is -2.47. The lowest BCUT2D eigenvalue weighted by atomic mass is 9.59. The van der Waals surface area contributed by atoms with E-state index in [4.69, 9.17) is 35.3 Å². The molecular weight excluding hydrogens is 660 g/mol. The summed E-state index contributed by atoms with van der Waals surface area (Å²) < 4.78 is 33.2. The molecule has 7 rings (SSSR count). The first-order valence-corrected chi connectivity index (χ1v) is 18.0. The Morgan fingerprint density at radius 1 is 1.08 bits per heavy atom. The number of aryl methyl sites for hydroxylation is 1. The second kappa shape index (κ2) is 14.2. The Morgan fingerprint density at radius 2 is 1.88 bits per heavy atom. The fourth-order valence-electron chi connectivity index (χ4n) is 8.81. The van der Waals surface area contributed by atoms with Crippen molar-refractivity contribution in [3.05, 3.63) is 76.1 Å². The Morgan fingerprint density at radius 3 is 2.66 bits per heavy atom. The summed E-state index contributed by atoms with van der Waals surface area (Å²) in [5, 5.41) is 4.04. The number of esters is 1. The van der Waals surface area contributed by atoms with Gasteiger partial charge in [0.2, 0.25) is 13.6 Å². The van der Waals surface area contributed by atoms with Crippen LogP contribution in [0.2, 0.25) is 5.02 Å². The molecule has 266 valence electrons. The highest BCUT2D eigenvalue weighted by atomic mass is 35.5. The number of fused-ring (bicyclic) bond motifs is 4. The molecule has 10 nitrogen and oxygen atoms in total. The van der Waals surface area contributed by atoms with E-state index in [1.54, 1.807) is 12.1 Å². The number of methoxy groups -OCH3 is 1. The number of nitrogens with zero attached hydrogens (tertiary/aromatic N) is 1. The van der Waals surface area contributed by atoms with Crippen molar-refractivity contribution in [2.24, 2.45) is 11.8 Å². The molecule has 1 fully saturated rings. The van der Waals surface area contributed by atoms with E-state index in [2.05, 4.69) is 41.0 Å². The van der Waals surface area contributed by atoms with Gasteiger partial charge in [-0.2, -0.15) is 0 Å². The molecular formula is C39H45ClN2O8. The van der Waals surface area contributed by atoms with Crippen LogP contribution in [0.25, 0.3) is 0 Å². The third-order valence-corrected chi connectivity index (χ3v) is 11.5. The van der Waals surface area contributed by atoms with E-state index in [1.165, 1.54) is 35.9 Å². The highest BCUT2D eigenvalue weighted by molar-refractivity contribution is 6.30. The van der Waals surface area contributed by atoms with E-state index < -0.39 is 24.5 Å². The van der Waals surface area contributed by atoms with Crippen molar-refractivity contribution in [2.75, 3.05) is 32.6 Å². The normalized spacial score (nSPS) is 25.3. The summed E-state index contributed by atoms with van der Waals surface area (Å²) in [6, 6.07) is 13.6. The fraction of sp³-hybridized carbons (Fsp3) is 0.513. The first kappa shape index (κ1) is 34.3. The van der Waals surface area contributed by atoms with Gasteiger partial charge in [0.25, 0.3) is 0 Å². The maximum absolute atomic E-state index is 13.9. The second-order valence-corrected chi connectivity index (χ2v) is 14.8. The molecule has 3 atom stereocenters. The molecule has 0 amide bonds. The number of carbonyl (C=O) groups excluding carboxylic acids is 2. The van der Waals surface area contributed by atoms with Crippen LogP contribution in [0.3, 0.4) is 0 Å². The summed E-state index contributed by atoms with van der Waals surface area (Å²) in [5.41, 5.74) is 4.44. The molecule has 2 heterocycles. The van der Waals surface area contributed by atoms with E-state index in [-0.39, 0.29) is 18.1 Å². The molecule has 3 aromatic rings. The molecule has 0 radical (unpaired) electrons. The minimum Gasteiger partial charge on any atom is -0.493 e. The Balaban J connectivity index is 1.13. The van der Waals surface area contributed by atoms with Crippen LogP contribution in [0.1, 0.15) is 87.1 Å². The molecule has 2 aromatic carbocycles. The lowest BCUT2D eigenvalue weighted by Crippen LogP contribution is -2.54. The summed E-state index contributed by atoms with van der Waals surface area (Å²) >= 11 is 6.33. The molecule has 1 aliphatic heterocycles. The number of ether oxygens (including phenoxy) is 6. The van der Waals surface area contributed by atoms with Crippen LogP contribution in [0.5, 0.6) is 17.2 Å². The van der Waals surface area contributed by atoms with Crippen molar-refractivity contribution >= 4 is 29.4 Å². The van der Waals surface area contributed by atoms with E-state index in [1.807, 2.05) is 24.4 Å². The van der Waals surface area contributed by atoms with Gasteiger partial charge in [-0.15, -0.1) is 0 Å². The van der Waals surface area contributed by atoms with Gasteiger partial charge in [-0.25, -0.2) is 9.59 Å². The summed E-state index contributed by atoms with van der Waals surface area (Å²) in [6.45, 7) is 4.83. The zero-order valence-electron chi connectivity index (χ0n) is 28.9. The van der Waals surface area contributed by atoms with Gasteiger partial charge in [0.1, 0.15) is 11.3 Å². The smallest absolute Gasteiger partial charge is 0.493 e. The van der Waals surface area contributed by atoms with Gasteiger partial charge in [-0.1, -0.05) is 31.5 Å². The van der Waals surface area contributed by atoms with Crippen molar-refractivity contribution in [1.82, 2.24) is 4.98 Å². The number of pyridine rings is 1. The van der Waals surface area contributed by atoms with Gasteiger partial charge in [-0.05, 0) is 128 Å². The number of nitrogens with one attached hydrogen (secondary N) is 1. The van der Waals surface area contributed by atoms with Crippen molar-refractivity contribution in [3.63, 3.8) is 0 Å². The van der Waals surface area contributed by atoms with Gasteiger partial charge >= 0.3 is 12.1 Å². The zero-order chi connectivity index (χ0) is 34.9. The highest BCUT2D eigenvalue weighted by Gasteiger charge is 2.55. The monoisotopic (exact) mass is 704 g/mol. The average Bonchev–Trinajstić information content (AvgIpc) is 3.68. The predicted molar refractivity (Wildman–Crippen MR) is 187 cm³/mol. The first-order chi connectivity index (χ1) is 24.2. The molecule has 11 heteroatoms. The third kappa shape index (κ3) is 6.66. The second-order valence-electron chi connectivity index (χ2n) is 14.4. The summed E-state index contributed by atoms with van der Waals surface area (Å²) in [7, 11) is 1.20. The number of anilines is 1. The Labute approximate surface area is 298 Å². The van der Waals surface area contributed by atoms with E-state index in [9.17, 15) is 9.59 Å². The molecule has 50 heavy (non-hydrogen) atoms. The largest absolute Gasteiger partial charge is 0.510 e. The number of aromatic nitrogens is 1. The van der Waals surface area contributed by atoms with Crippen LogP contribution < -0.4 is 19.5 Å². The summed E-state index contributed by atoms with van der Waals surface area (Å²) in [4.78, 5) is 30.1. The Bertz CT molecular complexity index is 1740. The van der Waals surface area contributed by atoms with E-state index >= 15 is 0 Å². The lowest BCUT2D eigenvalue weighted by molar-refractivity contribution is -0.160. The van der Waals surface area contributed by atoms with E-state index in [0.717, 1.165) is 55.8 Å². The Hall–Kier alpha value is -4.18. The maximum atomic E-state index is 13.9. The summed E-state index contributed by atoms with van der Waals surface area (Å²) in [6.07, 6.45) is 8.59. The van der Waals surface area contributed by atoms with Crippen LogP contribution >= 0.6 is 11.6 Å². The molecule has 1 saturated carbocycles. The number of rotatable bonds is 10. The van der Waals surface area contributed by atoms with Crippen molar-refractivity contribution in [1.29, 1.82) is 0 Å². The van der Waals surface area contributed by atoms with Crippen LogP contribution in [0.4, 0.5) is 10.5 Å². The minimum absolute atomic E-state index is 0.197. The standard InChI is InChI=1S/C39H45ClN2O8/c1-24(21-46-32-10-15-41-31-9-4-6-25(2)35(31)32)16-27-17-26-18-33-34(48-22-47-33)20-30(26)38(27)11-13-39(14-12-38,36(43)49-23-50-37(44)45-3)42-29-8-5-7-28(40)19-29/h5,7-8,10,15,18-20,24-25,27,42H,4,6,9,11-14,16-17,21-23H2,1-3H3/t24-,25-,27+,38?,39?/m1/s1. The van der Waals surface area contributed by atoms with Crippen molar-refractivity contribution in [2.45, 2.75) is 88.5 Å². The quantitative estimate of drug-likeness (QED) is 0.164.